The van der Waals surface area contributed by atoms with E-state index in [1.54, 1.807) is 6.08 Å². The minimum atomic E-state index is -0.960. The molecule has 3 unspecified atom stereocenters. The van der Waals surface area contributed by atoms with Gasteiger partial charge in [-0.3, -0.25) is 4.79 Å². The van der Waals surface area contributed by atoms with E-state index in [0.29, 0.717) is 6.42 Å². The molecule has 5 heteroatoms. The molecular weight excluding hydrogens is 703 g/mol. The molecule has 0 heterocycles. The van der Waals surface area contributed by atoms with Gasteiger partial charge in [0.2, 0.25) is 5.91 Å². The monoisotopic (exact) mass is 800 g/mol. The summed E-state index contributed by atoms with van der Waals surface area (Å²) in [4.78, 5) is 12.5. The number of aliphatic hydroxyl groups excluding tert-OH is 3. The van der Waals surface area contributed by atoms with Crippen LogP contribution >= 0.6 is 0 Å². The predicted octanol–water partition coefficient (Wildman–Crippen LogP) is 14.9. The molecular formula is C52H97NO4. The van der Waals surface area contributed by atoms with Crippen LogP contribution in [0.15, 0.2) is 48.6 Å². The van der Waals surface area contributed by atoms with Gasteiger partial charge in [-0.2, -0.15) is 0 Å². The molecule has 1 amide bonds. The lowest BCUT2D eigenvalue weighted by Gasteiger charge is -2.21. The highest BCUT2D eigenvalue weighted by Gasteiger charge is 2.20. The summed E-state index contributed by atoms with van der Waals surface area (Å²) in [6, 6.07) is -0.767. The maximum absolute atomic E-state index is 12.5. The Hall–Kier alpha value is -1.69. The summed E-state index contributed by atoms with van der Waals surface area (Å²) < 4.78 is 0. The molecule has 0 aromatic rings. The fourth-order valence-electron chi connectivity index (χ4n) is 7.48. The van der Waals surface area contributed by atoms with E-state index in [2.05, 4.69) is 55.6 Å². The first-order chi connectivity index (χ1) is 28.0. The summed E-state index contributed by atoms with van der Waals surface area (Å²) in [6.45, 7) is 4.18. The fourth-order valence-corrected chi connectivity index (χ4v) is 7.48. The lowest BCUT2D eigenvalue weighted by Crippen LogP contribution is -2.45. The van der Waals surface area contributed by atoms with Gasteiger partial charge in [0.15, 0.2) is 0 Å². The van der Waals surface area contributed by atoms with Crippen molar-refractivity contribution in [1.82, 2.24) is 5.32 Å². The minimum Gasteiger partial charge on any atom is -0.394 e. The molecule has 0 radical (unpaired) electrons. The average Bonchev–Trinajstić information content (AvgIpc) is 3.20. The zero-order valence-corrected chi connectivity index (χ0v) is 38.0. The molecule has 0 bridgehead atoms. The zero-order chi connectivity index (χ0) is 41.5. The van der Waals surface area contributed by atoms with E-state index in [9.17, 15) is 20.1 Å². The third-order valence-electron chi connectivity index (χ3n) is 11.3. The van der Waals surface area contributed by atoms with E-state index < -0.39 is 18.2 Å². The van der Waals surface area contributed by atoms with Crippen LogP contribution in [-0.4, -0.2) is 46.1 Å². The Labute approximate surface area is 355 Å². The molecule has 5 nitrogen and oxygen atoms in total. The third-order valence-corrected chi connectivity index (χ3v) is 11.3. The quantitative estimate of drug-likeness (QED) is 0.0365. The summed E-state index contributed by atoms with van der Waals surface area (Å²) >= 11 is 0. The summed E-state index contributed by atoms with van der Waals surface area (Å²) in [5.41, 5.74) is 0. The van der Waals surface area contributed by atoms with Crippen LogP contribution in [0.1, 0.15) is 251 Å². The third kappa shape index (κ3) is 43.7. The van der Waals surface area contributed by atoms with Crippen LogP contribution in [0.25, 0.3) is 0 Å². The fraction of sp³-hybridized carbons (Fsp3) is 0.827. The molecule has 0 fully saturated rings. The van der Waals surface area contributed by atoms with E-state index in [4.69, 9.17) is 0 Å². The average molecular weight is 800 g/mol. The first-order valence-electron chi connectivity index (χ1n) is 24.9. The second-order valence-corrected chi connectivity index (χ2v) is 17.0. The highest BCUT2D eigenvalue weighted by Crippen LogP contribution is 2.16. The number of hydrogen-bond acceptors (Lipinski definition) is 4. The second kappa shape index (κ2) is 47.0. The normalized spacial score (nSPS) is 13.8. The van der Waals surface area contributed by atoms with E-state index >= 15 is 0 Å². The summed E-state index contributed by atoms with van der Waals surface area (Å²) in [7, 11) is 0. The second-order valence-electron chi connectivity index (χ2n) is 17.0. The van der Waals surface area contributed by atoms with Crippen LogP contribution in [0.3, 0.4) is 0 Å². The first kappa shape index (κ1) is 55.3. The lowest BCUT2D eigenvalue weighted by atomic mass is 10.0. The van der Waals surface area contributed by atoms with Crippen LogP contribution in [0, 0.1) is 0 Å². The van der Waals surface area contributed by atoms with Crippen molar-refractivity contribution in [1.29, 1.82) is 0 Å². The van der Waals surface area contributed by atoms with Crippen LogP contribution in [0.5, 0.6) is 0 Å². The standard InChI is InChI=1S/C52H97NO4/c1-3-5-7-9-11-13-15-17-19-20-21-22-23-24-25-26-27-28-29-30-31-32-33-35-37-39-41-43-45-49(55)47-52(57)53-50(48-54)51(56)46-44-42-40-38-36-34-18-16-14-12-10-8-6-4-2/h14,16,24-25,36,38,44,46,49-51,54-56H,3-13,15,17-23,26-35,37,39-43,45,47-48H2,1-2H3,(H,53,57)/b16-14+,25-24-,38-36+,46-44+. The zero-order valence-electron chi connectivity index (χ0n) is 38.0. The molecule has 4 N–H and O–H groups in total. The Morgan fingerprint density at radius 2 is 0.754 bits per heavy atom. The number of unbranched alkanes of at least 4 members (excludes halogenated alkanes) is 30. The molecule has 0 aromatic heterocycles. The van der Waals surface area contributed by atoms with Gasteiger partial charge in [-0.1, -0.05) is 223 Å². The Balaban J connectivity index is 3.59. The smallest absolute Gasteiger partial charge is 0.222 e. The van der Waals surface area contributed by atoms with Gasteiger partial charge >= 0.3 is 0 Å². The van der Waals surface area contributed by atoms with Crippen molar-refractivity contribution in [3.63, 3.8) is 0 Å². The topological polar surface area (TPSA) is 89.8 Å². The Bertz CT molecular complexity index is 927. The molecule has 0 saturated carbocycles. The SMILES string of the molecule is CCCCCC/C=C/CC/C=C/CC/C=C/C(O)C(CO)NC(=O)CC(O)CCCCCCCCCCCCCC/C=C\CCCCCCCCCCCCCC. The largest absolute Gasteiger partial charge is 0.394 e. The number of carbonyl (C=O) groups is 1. The molecule has 0 aromatic carbocycles. The van der Waals surface area contributed by atoms with Crippen LogP contribution in [0.2, 0.25) is 0 Å². The van der Waals surface area contributed by atoms with Crippen molar-refractivity contribution in [3.05, 3.63) is 48.6 Å². The van der Waals surface area contributed by atoms with Crippen molar-refractivity contribution in [2.45, 2.75) is 270 Å². The Morgan fingerprint density at radius 3 is 1.14 bits per heavy atom. The number of rotatable bonds is 45. The van der Waals surface area contributed by atoms with Gasteiger partial charge in [0.05, 0.1) is 31.3 Å². The predicted molar refractivity (Wildman–Crippen MR) is 250 cm³/mol. The van der Waals surface area contributed by atoms with Gasteiger partial charge < -0.3 is 20.6 Å². The molecule has 0 saturated heterocycles. The lowest BCUT2D eigenvalue weighted by molar-refractivity contribution is -0.124. The summed E-state index contributed by atoms with van der Waals surface area (Å²) in [5.74, 6) is -0.330. The molecule has 0 rings (SSSR count). The Kier molecular flexibility index (Phi) is 45.6. The van der Waals surface area contributed by atoms with Gasteiger partial charge in [0, 0.05) is 0 Å². The summed E-state index contributed by atoms with van der Waals surface area (Å²) in [6.07, 6.45) is 61.4. The number of amides is 1. The molecule has 0 spiro atoms. The van der Waals surface area contributed by atoms with Gasteiger partial charge in [-0.05, 0) is 70.6 Å². The highest BCUT2D eigenvalue weighted by molar-refractivity contribution is 5.76. The minimum absolute atomic E-state index is 0.00197. The number of allylic oxidation sites excluding steroid dienone is 7. The Morgan fingerprint density at radius 1 is 0.439 bits per heavy atom. The van der Waals surface area contributed by atoms with Gasteiger partial charge in [0.25, 0.3) is 0 Å². The first-order valence-corrected chi connectivity index (χ1v) is 24.9. The number of hydrogen-bond donors (Lipinski definition) is 4. The van der Waals surface area contributed by atoms with Gasteiger partial charge in [-0.25, -0.2) is 0 Å². The van der Waals surface area contributed by atoms with Crippen LogP contribution in [-0.2, 0) is 4.79 Å². The molecule has 0 aliphatic carbocycles. The van der Waals surface area contributed by atoms with E-state index in [1.165, 1.54) is 186 Å². The van der Waals surface area contributed by atoms with Crippen LogP contribution < -0.4 is 5.32 Å². The van der Waals surface area contributed by atoms with Crippen molar-refractivity contribution in [2.75, 3.05) is 6.61 Å². The van der Waals surface area contributed by atoms with Crippen molar-refractivity contribution < 1.29 is 20.1 Å². The van der Waals surface area contributed by atoms with E-state index in [0.717, 1.165) is 38.5 Å². The number of aliphatic hydroxyl groups is 3. The van der Waals surface area contributed by atoms with Crippen molar-refractivity contribution >= 4 is 5.91 Å². The van der Waals surface area contributed by atoms with E-state index in [1.807, 2.05) is 6.08 Å². The van der Waals surface area contributed by atoms with Crippen molar-refractivity contribution in [3.8, 4) is 0 Å². The molecule has 0 aliphatic heterocycles. The maximum atomic E-state index is 12.5. The van der Waals surface area contributed by atoms with E-state index in [-0.39, 0.29) is 18.9 Å². The van der Waals surface area contributed by atoms with Crippen LogP contribution in [0.4, 0.5) is 0 Å². The number of nitrogens with one attached hydrogen (secondary N) is 1. The molecule has 3 atom stereocenters. The molecule has 57 heavy (non-hydrogen) atoms. The molecule has 0 aliphatic rings. The maximum Gasteiger partial charge on any atom is 0.222 e. The van der Waals surface area contributed by atoms with Gasteiger partial charge in [0.1, 0.15) is 0 Å². The van der Waals surface area contributed by atoms with Crippen molar-refractivity contribution in [2.24, 2.45) is 0 Å². The van der Waals surface area contributed by atoms with Gasteiger partial charge in [-0.15, -0.1) is 0 Å². The highest BCUT2D eigenvalue weighted by atomic mass is 16.3. The molecule has 334 valence electrons. The number of carbonyl (C=O) groups excluding carboxylic acids is 1. The summed E-state index contributed by atoms with van der Waals surface area (Å²) in [5, 5.41) is 33.2.